The summed E-state index contributed by atoms with van der Waals surface area (Å²) < 4.78 is 13.9. The van der Waals surface area contributed by atoms with Gasteiger partial charge in [-0.25, -0.2) is 9.18 Å². The van der Waals surface area contributed by atoms with Gasteiger partial charge >= 0.3 is 5.97 Å². The van der Waals surface area contributed by atoms with Crippen molar-refractivity contribution in [1.29, 1.82) is 0 Å². The predicted octanol–water partition coefficient (Wildman–Crippen LogP) is 2.71. The third kappa shape index (κ3) is 3.61. The predicted molar refractivity (Wildman–Crippen MR) is 79.4 cm³/mol. The summed E-state index contributed by atoms with van der Waals surface area (Å²) in [6.07, 6.45) is 1.76. The zero-order chi connectivity index (χ0) is 15.6. The number of hydrogen-bond acceptors (Lipinski definition) is 3. The van der Waals surface area contributed by atoms with Crippen molar-refractivity contribution in [3.63, 3.8) is 0 Å². The highest BCUT2D eigenvalue weighted by atomic mass is 32.1. The minimum Gasteiger partial charge on any atom is -0.479 e. The molecule has 4 nitrogen and oxygen atoms in total. The number of carboxylic acid groups (broad SMARTS) is 1. The van der Waals surface area contributed by atoms with E-state index in [0.29, 0.717) is 12.8 Å². The molecule has 21 heavy (non-hydrogen) atoms. The van der Waals surface area contributed by atoms with Crippen molar-refractivity contribution in [2.24, 2.45) is 0 Å². The average molecular weight is 313 g/mol. The first-order valence-corrected chi connectivity index (χ1v) is 7.89. The van der Waals surface area contributed by atoms with E-state index in [1.54, 1.807) is 11.3 Å². The Balaban J connectivity index is 1.81. The highest BCUT2D eigenvalue weighted by Crippen LogP contribution is 2.27. The maximum atomic E-state index is 13.9. The molecule has 0 saturated carbocycles. The molecule has 2 heterocycles. The van der Waals surface area contributed by atoms with E-state index in [4.69, 9.17) is 5.11 Å². The van der Waals surface area contributed by atoms with Gasteiger partial charge in [0.25, 0.3) is 0 Å². The molecule has 0 radical (unpaired) electrons. The van der Waals surface area contributed by atoms with Crippen LogP contribution in [-0.4, -0.2) is 40.6 Å². The Morgan fingerprint density at radius 3 is 2.71 bits per heavy atom. The smallest absolute Gasteiger partial charge is 0.343 e. The minimum absolute atomic E-state index is 0.114. The second-order valence-corrected chi connectivity index (χ2v) is 7.09. The number of nitrogens with zero attached hydrogens (tertiary/aromatic N) is 1. The zero-order valence-electron chi connectivity index (χ0n) is 12.3. The van der Waals surface area contributed by atoms with Gasteiger partial charge in [0.05, 0.1) is 6.54 Å². The lowest BCUT2D eigenvalue weighted by Crippen LogP contribution is -2.38. The standard InChI is InChI=1S/C15H20FNO3S/c1-10-8-12(11(2)21-10)4-3-5-13(18)17-7-6-15(16,9-17)14(19)20/h8H,3-7,9H2,1-2H3,(H,19,20). The molecular formula is C15H20FNO3S. The number of alkyl halides is 1. The maximum Gasteiger partial charge on any atom is 0.343 e. The van der Waals surface area contributed by atoms with Crippen molar-refractivity contribution in [1.82, 2.24) is 4.90 Å². The molecule has 1 aliphatic heterocycles. The molecule has 1 N–H and O–H groups in total. The van der Waals surface area contributed by atoms with Gasteiger partial charge in [-0.1, -0.05) is 0 Å². The number of rotatable bonds is 5. The van der Waals surface area contributed by atoms with Crippen molar-refractivity contribution in [2.45, 2.75) is 45.2 Å². The Labute approximate surface area is 127 Å². The maximum absolute atomic E-state index is 13.9. The van der Waals surface area contributed by atoms with E-state index in [-0.39, 0.29) is 25.4 Å². The van der Waals surface area contributed by atoms with Crippen LogP contribution in [0, 0.1) is 13.8 Å². The first kappa shape index (κ1) is 15.9. The number of carbonyl (C=O) groups is 2. The topological polar surface area (TPSA) is 57.6 Å². The Morgan fingerprint density at radius 1 is 1.48 bits per heavy atom. The molecule has 1 unspecified atom stereocenters. The molecule has 1 aromatic rings. The monoisotopic (exact) mass is 313 g/mol. The van der Waals surface area contributed by atoms with Crippen LogP contribution < -0.4 is 0 Å². The van der Waals surface area contributed by atoms with Gasteiger partial charge in [-0.05, 0) is 38.3 Å². The molecule has 1 atom stereocenters. The highest BCUT2D eigenvalue weighted by molar-refractivity contribution is 7.12. The second kappa shape index (κ2) is 6.13. The molecule has 1 aliphatic rings. The molecule has 1 amide bonds. The van der Waals surface area contributed by atoms with Crippen LogP contribution in [0.1, 0.15) is 34.6 Å². The Kier molecular flexibility index (Phi) is 4.66. The van der Waals surface area contributed by atoms with Gasteiger partial charge < -0.3 is 10.0 Å². The fraction of sp³-hybridized carbons (Fsp3) is 0.600. The summed E-state index contributed by atoms with van der Waals surface area (Å²) in [5.41, 5.74) is -1.01. The third-order valence-electron chi connectivity index (χ3n) is 3.94. The molecule has 1 aromatic heterocycles. The number of hydrogen-bond donors (Lipinski definition) is 1. The molecule has 6 heteroatoms. The second-order valence-electron chi connectivity index (χ2n) is 5.63. The number of thiophene rings is 1. The van der Waals surface area contributed by atoms with E-state index in [9.17, 15) is 14.0 Å². The molecular weight excluding hydrogens is 293 g/mol. The summed E-state index contributed by atoms with van der Waals surface area (Å²) in [4.78, 5) is 26.7. The lowest BCUT2D eigenvalue weighted by atomic mass is 10.1. The molecule has 0 bridgehead atoms. The zero-order valence-corrected chi connectivity index (χ0v) is 13.1. The van der Waals surface area contributed by atoms with E-state index < -0.39 is 11.6 Å². The molecule has 0 spiro atoms. The summed E-state index contributed by atoms with van der Waals surface area (Å²) >= 11 is 1.75. The molecule has 116 valence electrons. The van der Waals surface area contributed by atoms with Crippen molar-refractivity contribution in [3.8, 4) is 0 Å². The van der Waals surface area contributed by atoms with Gasteiger partial charge in [-0.3, -0.25) is 4.79 Å². The van der Waals surface area contributed by atoms with Crippen molar-refractivity contribution >= 4 is 23.2 Å². The van der Waals surface area contributed by atoms with Crippen LogP contribution in [0.3, 0.4) is 0 Å². The van der Waals surface area contributed by atoms with Crippen LogP contribution in [0.2, 0.25) is 0 Å². The number of carboxylic acids is 1. The molecule has 1 saturated heterocycles. The van der Waals surface area contributed by atoms with Crippen molar-refractivity contribution in [3.05, 3.63) is 21.4 Å². The van der Waals surface area contributed by atoms with Gasteiger partial charge in [0.1, 0.15) is 0 Å². The minimum atomic E-state index is -2.27. The fourth-order valence-electron chi connectivity index (χ4n) is 2.68. The number of likely N-dealkylation sites (tertiary alicyclic amines) is 1. The first-order valence-electron chi connectivity index (χ1n) is 7.08. The van der Waals surface area contributed by atoms with E-state index in [2.05, 4.69) is 19.9 Å². The van der Waals surface area contributed by atoms with E-state index in [0.717, 1.165) is 6.42 Å². The molecule has 2 rings (SSSR count). The lowest BCUT2D eigenvalue weighted by molar-refractivity contribution is -0.150. The summed E-state index contributed by atoms with van der Waals surface area (Å²) in [5.74, 6) is -1.62. The summed E-state index contributed by atoms with van der Waals surface area (Å²) in [7, 11) is 0. The highest BCUT2D eigenvalue weighted by Gasteiger charge is 2.46. The SMILES string of the molecule is Cc1cc(CCCC(=O)N2CCC(F)(C(=O)O)C2)c(C)s1. The number of amides is 1. The Hall–Kier alpha value is -1.43. The van der Waals surface area contributed by atoms with E-state index in [1.165, 1.54) is 20.2 Å². The van der Waals surface area contributed by atoms with Crippen LogP contribution in [0.4, 0.5) is 4.39 Å². The van der Waals surface area contributed by atoms with Gasteiger partial charge in [0.15, 0.2) is 0 Å². The van der Waals surface area contributed by atoms with Gasteiger partial charge in [-0.2, -0.15) is 0 Å². The normalized spacial score (nSPS) is 21.8. The number of aryl methyl sites for hydroxylation is 3. The third-order valence-corrected chi connectivity index (χ3v) is 4.94. The van der Waals surface area contributed by atoms with Crippen LogP contribution >= 0.6 is 11.3 Å². The molecule has 1 fully saturated rings. The number of halogens is 1. The van der Waals surface area contributed by atoms with Crippen LogP contribution in [0.15, 0.2) is 6.07 Å². The Bertz CT molecular complexity index is 557. The quantitative estimate of drug-likeness (QED) is 0.909. The fourth-order valence-corrected chi connectivity index (χ4v) is 3.66. The number of carbonyl (C=O) groups excluding carboxylic acids is 1. The first-order chi connectivity index (χ1) is 9.82. The van der Waals surface area contributed by atoms with Crippen LogP contribution in [0.25, 0.3) is 0 Å². The van der Waals surface area contributed by atoms with E-state index in [1.807, 2.05) is 0 Å². The molecule has 0 aliphatic carbocycles. The Morgan fingerprint density at radius 2 is 2.19 bits per heavy atom. The molecule has 0 aromatic carbocycles. The summed E-state index contributed by atoms with van der Waals surface area (Å²) in [5, 5.41) is 8.82. The van der Waals surface area contributed by atoms with Crippen molar-refractivity contribution in [2.75, 3.05) is 13.1 Å². The van der Waals surface area contributed by atoms with Gasteiger partial charge in [-0.15, -0.1) is 11.3 Å². The lowest BCUT2D eigenvalue weighted by Gasteiger charge is -2.17. The van der Waals surface area contributed by atoms with E-state index >= 15 is 0 Å². The summed E-state index contributed by atoms with van der Waals surface area (Å²) in [6, 6.07) is 2.14. The summed E-state index contributed by atoms with van der Waals surface area (Å²) in [6.45, 7) is 4.00. The largest absolute Gasteiger partial charge is 0.479 e. The van der Waals surface area contributed by atoms with Gasteiger partial charge in [0.2, 0.25) is 11.6 Å². The van der Waals surface area contributed by atoms with Crippen LogP contribution in [0.5, 0.6) is 0 Å². The van der Waals surface area contributed by atoms with Crippen LogP contribution in [-0.2, 0) is 16.0 Å². The van der Waals surface area contributed by atoms with Gasteiger partial charge in [0, 0.05) is 29.1 Å². The van der Waals surface area contributed by atoms with Crippen molar-refractivity contribution < 1.29 is 19.1 Å². The average Bonchev–Trinajstić information content (AvgIpc) is 2.94. The number of aliphatic carboxylic acids is 1.